The summed E-state index contributed by atoms with van der Waals surface area (Å²) in [6.45, 7) is 10.2. The van der Waals surface area contributed by atoms with E-state index in [1.165, 1.54) is 49.7 Å². The molecule has 4 unspecified atom stereocenters. The minimum absolute atomic E-state index is 0.0967. The molecule has 0 saturated heterocycles. The number of aliphatic hydroxyl groups is 1. The fraction of sp³-hybridized carbons (Fsp3) is 0.760. The molecule has 2 heteroatoms. The van der Waals surface area contributed by atoms with Crippen molar-refractivity contribution in [1.29, 1.82) is 0 Å². The molecule has 4 atom stereocenters. The standard InChI is InChI=1S/C21H32O2.2C2H6/c1-2-3-4-7-18(22)12-11-15-9-10-17-14-20-16(13-19(15)17)6-5-8-21(20)23;2*1-2/h5-6,8,15,17-19,22-23H,2-4,7,9-14H2,1H3;2*1-2H3. The fourth-order valence-electron chi connectivity index (χ4n) is 4.93. The van der Waals surface area contributed by atoms with E-state index in [1.54, 1.807) is 0 Å². The van der Waals surface area contributed by atoms with Gasteiger partial charge in [-0.15, -0.1) is 0 Å². The van der Waals surface area contributed by atoms with Crippen LogP contribution >= 0.6 is 0 Å². The van der Waals surface area contributed by atoms with Gasteiger partial charge < -0.3 is 10.2 Å². The predicted octanol–water partition coefficient (Wildman–Crippen LogP) is 6.91. The topological polar surface area (TPSA) is 40.5 Å². The molecular formula is C25H44O2. The number of phenols is 1. The molecule has 0 spiro atoms. The van der Waals surface area contributed by atoms with E-state index in [4.69, 9.17) is 0 Å². The number of fused-ring (bicyclic) bond motifs is 2. The Kier molecular flexibility index (Phi) is 11.7. The van der Waals surface area contributed by atoms with Crippen LogP contribution in [0.1, 0.15) is 97.1 Å². The van der Waals surface area contributed by atoms with Gasteiger partial charge in [0.1, 0.15) is 5.75 Å². The molecule has 0 aromatic heterocycles. The van der Waals surface area contributed by atoms with Crippen molar-refractivity contribution in [1.82, 2.24) is 0 Å². The van der Waals surface area contributed by atoms with Gasteiger partial charge in [0.15, 0.2) is 0 Å². The Labute approximate surface area is 168 Å². The number of hydrogen-bond acceptors (Lipinski definition) is 2. The van der Waals surface area contributed by atoms with Crippen LogP contribution in [0.4, 0.5) is 0 Å². The van der Waals surface area contributed by atoms with E-state index in [0.29, 0.717) is 5.75 Å². The second kappa shape index (κ2) is 13.2. The van der Waals surface area contributed by atoms with Crippen molar-refractivity contribution in [2.24, 2.45) is 17.8 Å². The molecule has 0 heterocycles. The van der Waals surface area contributed by atoms with E-state index in [0.717, 1.165) is 43.4 Å². The summed E-state index contributed by atoms with van der Waals surface area (Å²) in [6, 6.07) is 6.01. The Balaban J connectivity index is 0.000000855. The van der Waals surface area contributed by atoms with Crippen LogP contribution in [0.25, 0.3) is 0 Å². The normalized spacial score (nSPS) is 23.9. The van der Waals surface area contributed by atoms with Gasteiger partial charge in [0.2, 0.25) is 0 Å². The van der Waals surface area contributed by atoms with Gasteiger partial charge in [-0.3, -0.25) is 0 Å². The average Bonchev–Trinajstić information content (AvgIpc) is 3.11. The lowest BCUT2D eigenvalue weighted by Crippen LogP contribution is -2.25. The SMILES string of the molecule is CC.CC.CCCCCC(O)CCC1CCC2Cc3c(O)cccc3CC12. The van der Waals surface area contributed by atoms with Crippen molar-refractivity contribution >= 4 is 0 Å². The van der Waals surface area contributed by atoms with Crippen LogP contribution in [-0.2, 0) is 12.8 Å². The number of unbranched alkanes of at least 4 members (excludes halogenated alkanes) is 2. The minimum atomic E-state index is -0.0967. The second-order valence-electron chi connectivity index (χ2n) is 7.81. The van der Waals surface area contributed by atoms with Crippen LogP contribution in [0.5, 0.6) is 5.75 Å². The zero-order valence-electron chi connectivity index (χ0n) is 18.5. The van der Waals surface area contributed by atoms with Gasteiger partial charge in [-0.05, 0) is 79.9 Å². The maximum atomic E-state index is 10.2. The Morgan fingerprint density at radius 1 is 1.00 bits per heavy atom. The van der Waals surface area contributed by atoms with Crippen LogP contribution in [0.2, 0.25) is 0 Å². The summed E-state index contributed by atoms with van der Waals surface area (Å²) >= 11 is 0. The van der Waals surface area contributed by atoms with Crippen LogP contribution < -0.4 is 0 Å². The smallest absolute Gasteiger partial charge is 0.119 e. The summed E-state index contributed by atoms with van der Waals surface area (Å²) in [6.07, 6.45) is 11.5. The maximum absolute atomic E-state index is 10.2. The van der Waals surface area contributed by atoms with Crippen LogP contribution in [0.15, 0.2) is 18.2 Å². The highest BCUT2D eigenvalue weighted by atomic mass is 16.3. The summed E-state index contributed by atoms with van der Waals surface area (Å²) < 4.78 is 0. The van der Waals surface area contributed by atoms with Gasteiger partial charge in [0, 0.05) is 0 Å². The first kappa shape index (κ1) is 24.0. The van der Waals surface area contributed by atoms with Gasteiger partial charge >= 0.3 is 0 Å². The molecule has 1 fully saturated rings. The lowest BCUT2D eigenvalue weighted by Gasteiger charge is -2.32. The summed E-state index contributed by atoms with van der Waals surface area (Å²) in [7, 11) is 0. The molecule has 156 valence electrons. The van der Waals surface area contributed by atoms with E-state index in [2.05, 4.69) is 13.0 Å². The van der Waals surface area contributed by atoms with Crippen LogP contribution in [0, 0.1) is 17.8 Å². The molecule has 1 saturated carbocycles. The predicted molar refractivity (Wildman–Crippen MR) is 117 cm³/mol. The number of benzene rings is 1. The number of aliphatic hydroxyl groups excluding tert-OH is 1. The second-order valence-corrected chi connectivity index (χ2v) is 7.81. The van der Waals surface area contributed by atoms with E-state index in [1.807, 2.05) is 39.8 Å². The molecule has 2 N–H and O–H groups in total. The van der Waals surface area contributed by atoms with Crippen LogP contribution in [0.3, 0.4) is 0 Å². The number of phenolic OH excluding ortho intramolecular Hbond substituents is 1. The Morgan fingerprint density at radius 3 is 2.44 bits per heavy atom. The summed E-state index contributed by atoms with van der Waals surface area (Å²) in [5.41, 5.74) is 2.57. The van der Waals surface area contributed by atoms with E-state index in [9.17, 15) is 10.2 Å². The van der Waals surface area contributed by atoms with Gasteiger partial charge in [0.05, 0.1) is 6.10 Å². The van der Waals surface area contributed by atoms with Gasteiger partial charge in [-0.1, -0.05) is 66.0 Å². The summed E-state index contributed by atoms with van der Waals surface area (Å²) in [4.78, 5) is 0. The first-order chi connectivity index (χ1) is 13.2. The van der Waals surface area contributed by atoms with E-state index in [-0.39, 0.29) is 6.10 Å². The molecule has 0 amide bonds. The van der Waals surface area contributed by atoms with Crippen molar-refractivity contribution in [3.63, 3.8) is 0 Å². The third kappa shape index (κ3) is 6.82. The molecule has 3 rings (SSSR count). The Hall–Kier alpha value is -1.02. The highest BCUT2D eigenvalue weighted by Crippen LogP contribution is 2.48. The summed E-state index contributed by atoms with van der Waals surface area (Å²) in [5.74, 6) is 2.79. The average molecular weight is 377 g/mol. The van der Waals surface area contributed by atoms with Crippen molar-refractivity contribution in [2.45, 2.75) is 105 Å². The molecule has 2 aliphatic carbocycles. The van der Waals surface area contributed by atoms with Crippen molar-refractivity contribution < 1.29 is 10.2 Å². The van der Waals surface area contributed by atoms with E-state index < -0.39 is 0 Å². The first-order valence-corrected chi connectivity index (χ1v) is 11.7. The third-order valence-corrected chi connectivity index (χ3v) is 6.30. The molecule has 2 aliphatic rings. The molecule has 1 aromatic rings. The zero-order valence-corrected chi connectivity index (χ0v) is 18.5. The zero-order chi connectivity index (χ0) is 20.2. The van der Waals surface area contributed by atoms with Gasteiger partial charge in [-0.2, -0.15) is 0 Å². The van der Waals surface area contributed by atoms with Crippen molar-refractivity contribution in [3.8, 4) is 5.75 Å². The lowest BCUT2D eigenvalue weighted by atomic mass is 9.73. The highest BCUT2D eigenvalue weighted by molar-refractivity contribution is 5.41. The van der Waals surface area contributed by atoms with Crippen molar-refractivity contribution in [3.05, 3.63) is 29.3 Å². The Bertz CT molecular complexity index is 511. The van der Waals surface area contributed by atoms with Gasteiger partial charge in [0.25, 0.3) is 0 Å². The quantitative estimate of drug-likeness (QED) is 0.508. The van der Waals surface area contributed by atoms with Gasteiger partial charge in [-0.25, -0.2) is 0 Å². The molecular weight excluding hydrogens is 332 g/mol. The molecule has 2 nitrogen and oxygen atoms in total. The first-order valence-electron chi connectivity index (χ1n) is 11.7. The molecule has 0 aliphatic heterocycles. The molecule has 1 aromatic carbocycles. The largest absolute Gasteiger partial charge is 0.508 e. The Morgan fingerprint density at radius 2 is 1.74 bits per heavy atom. The molecule has 27 heavy (non-hydrogen) atoms. The number of rotatable bonds is 7. The summed E-state index contributed by atoms with van der Waals surface area (Å²) in [5, 5.41) is 20.3. The molecule has 0 bridgehead atoms. The number of aromatic hydroxyl groups is 1. The van der Waals surface area contributed by atoms with Crippen LogP contribution in [-0.4, -0.2) is 16.3 Å². The number of hydrogen-bond donors (Lipinski definition) is 2. The van der Waals surface area contributed by atoms with Crippen molar-refractivity contribution in [2.75, 3.05) is 0 Å². The van der Waals surface area contributed by atoms with E-state index >= 15 is 0 Å². The highest BCUT2D eigenvalue weighted by Gasteiger charge is 2.39. The molecule has 0 radical (unpaired) electrons. The fourth-order valence-corrected chi connectivity index (χ4v) is 4.93. The third-order valence-electron chi connectivity index (χ3n) is 6.30. The monoisotopic (exact) mass is 376 g/mol. The lowest BCUT2D eigenvalue weighted by molar-refractivity contribution is 0.135. The maximum Gasteiger partial charge on any atom is 0.119 e. The minimum Gasteiger partial charge on any atom is -0.508 e.